The lowest BCUT2D eigenvalue weighted by atomic mass is 10.5. The molecule has 0 aliphatic heterocycles. The summed E-state index contributed by atoms with van der Waals surface area (Å²) in [5, 5.41) is 5.65. The quantitative estimate of drug-likeness (QED) is 0.785. The first-order chi connectivity index (χ1) is 7.28. The average Bonchev–Trinajstić information content (AvgIpc) is 2.64. The van der Waals surface area contributed by atoms with E-state index in [9.17, 15) is 0 Å². The number of aryl methyl sites for hydroxylation is 1. The van der Waals surface area contributed by atoms with Gasteiger partial charge in [-0.25, -0.2) is 9.97 Å². The number of hydrogen-bond donors (Lipinski definition) is 0. The number of hydrogen-bond acceptors (Lipinski definition) is 5. The van der Waals surface area contributed by atoms with Gasteiger partial charge in [0.2, 0.25) is 11.0 Å². The van der Waals surface area contributed by atoms with Crippen LogP contribution in [-0.2, 0) is 7.05 Å². The fraction of sp³-hybridized carbons (Fsp3) is 0.222. The van der Waals surface area contributed by atoms with Crippen molar-refractivity contribution in [3.8, 4) is 5.88 Å². The van der Waals surface area contributed by atoms with Crippen molar-refractivity contribution in [1.82, 2.24) is 19.7 Å². The third kappa shape index (κ3) is 2.47. The molecule has 0 saturated carbocycles. The first-order valence-electron chi connectivity index (χ1n) is 4.32. The van der Waals surface area contributed by atoms with Crippen molar-refractivity contribution in [2.75, 3.05) is 7.11 Å². The molecule has 0 spiro atoms. The van der Waals surface area contributed by atoms with Crippen LogP contribution in [0.5, 0.6) is 5.88 Å². The van der Waals surface area contributed by atoms with Gasteiger partial charge in [-0.15, -0.1) is 5.10 Å². The maximum Gasteiger partial charge on any atom is 0.214 e. The molecule has 0 radical (unpaired) electrons. The van der Waals surface area contributed by atoms with Crippen LogP contribution in [0, 0.1) is 0 Å². The normalized spacial score (nSPS) is 10.3. The summed E-state index contributed by atoms with van der Waals surface area (Å²) in [6, 6.07) is 5.58. The topological polar surface area (TPSA) is 52.8 Å². The highest BCUT2D eigenvalue weighted by atomic mass is 32.2. The molecule has 15 heavy (non-hydrogen) atoms. The first-order valence-corrected chi connectivity index (χ1v) is 5.14. The van der Waals surface area contributed by atoms with Crippen LogP contribution >= 0.6 is 11.8 Å². The Labute approximate surface area is 91.5 Å². The van der Waals surface area contributed by atoms with E-state index in [0.717, 1.165) is 5.03 Å². The van der Waals surface area contributed by atoms with E-state index in [1.54, 1.807) is 24.2 Å². The molecule has 0 amide bonds. The number of nitrogens with zero attached hydrogens (tertiary/aromatic N) is 4. The fourth-order valence-electron chi connectivity index (χ4n) is 1.03. The average molecular weight is 222 g/mol. The lowest BCUT2D eigenvalue weighted by molar-refractivity contribution is 0.394. The summed E-state index contributed by atoms with van der Waals surface area (Å²) in [6.07, 6.45) is 1.66. The van der Waals surface area contributed by atoms with Gasteiger partial charge in [-0.05, 0) is 17.8 Å². The van der Waals surface area contributed by atoms with Crippen LogP contribution < -0.4 is 4.74 Å². The van der Waals surface area contributed by atoms with Gasteiger partial charge in [0.1, 0.15) is 11.4 Å². The van der Waals surface area contributed by atoms with Crippen molar-refractivity contribution >= 4 is 11.8 Å². The van der Waals surface area contributed by atoms with Gasteiger partial charge in [-0.2, -0.15) is 0 Å². The Morgan fingerprint density at radius 2 is 2.27 bits per heavy atom. The first kappa shape index (κ1) is 9.97. The van der Waals surface area contributed by atoms with Gasteiger partial charge in [0.15, 0.2) is 0 Å². The Morgan fingerprint density at radius 1 is 1.40 bits per heavy atom. The monoisotopic (exact) mass is 222 g/mol. The maximum atomic E-state index is 5.03. The molecule has 0 aromatic carbocycles. The third-order valence-corrected chi connectivity index (χ3v) is 2.49. The minimum absolute atomic E-state index is 0.593. The lowest BCUT2D eigenvalue weighted by Gasteiger charge is -1.99. The van der Waals surface area contributed by atoms with E-state index in [2.05, 4.69) is 15.1 Å². The molecule has 6 heteroatoms. The van der Waals surface area contributed by atoms with E-state index in [4.69, 9.17) is 4.74 Å². The summed E-state index contributed by atoms with van der Waals surface area (Å²) in [6.45, 7) is 0. The summed E-state index contributed by atoms with van der Waals surface area (Å²) in [4.78, 5) is 8.35. The zero-order valence-electron chi connectivity index (χ0n) is 8.41. The highest BCUT2D eigenvalue weighted by Gasteiger charge is 2.04. The zero-order valence-corrected chi connectivity index (χ0v) is 9.23. The lowest BCUT2D eigenvalue weighted by Crippen LogP contribution is -1.89. The van der Waals surface area contributed by atoms with E-state index in [-0.39, 0.29) is 0 Å². The fourth-order valence-corrected chi connectivity index (χ4v) is 1.76. The van der Waals surface area contributed by atoms with Gasteiger partial charge in [0.25, 0.3) is 0 Å². The van der Waals surface area contributed by atoms with Crippen molar-refractivity contribution in [3.05, 3.63) is 24.5 Å². The van der Waals surface area contributed by atoms with Crippen molar-refractivity contribution in [2.24, 2.45) is 7.05 Å². The van der Waals surface area contributed by atoms with Gasteiger partial charge in [0.05, 0.1) is 7.11 Å². The van der Waals surface area contributed by atoms with E-state index in [0.29, 0.717) is 11.0 Å². The summed E-state index contributed by atoms with van der Waals surface area (Å²) < 4.78 is 6.68. The molecule has 5 nitrogen and oxygen atoms in total. The second kappa shape index (κ2) is 4.31. The van der Waals surface area contributed by atoms with Crippen LogP contribution in [0.15, 0.2) is 34.7 Å². The van der Waals surface area contributed by atoms with Gasteiger partial charge in [0, 0.05) is 13.1 Å². The highest BCUT2D eigenvalue weighted by Crippen LogP contribution is 2.23. The van der Waals surface area contributed by atoms with Gasteiger partial charge in [-0.1, -0.05) is 6.07 Å². The second-order valence-corrected chi connectivity index (χ2v) is 3.81. The Balaban J connectivity index is 2.16. The smallest absolute Gasteiger partial charge is 0.214 e. The third-order valence-electron chi connectivity index (χ3n) is 1.68. The van der Waals surface area contributed by atoms with E-state index >= 15 is 0 Å². The van der Waals surface area contributed by atoms with Crippen molar-refractivity contribution in [1.29, 1.82) is 0 Å². The minimum atomic E-state index is 0.593. The molecule has 78 valence electrons. The predicted octanol–water partition coefficient (Wildman–Crippen LogP) is 1.37. The van der Waals surface area contributed by atoms with Crippen molar-refractivity contribution < 1.29 is 4.74 Å². The van der Waals surface area contributed by atoms with Gasteiger partial charge >= 0.3 is 0 Å². The second-order valence-electron chi connectivity index (χ2n) is 2.82. The molecule has 0 fully saturated rings. The molecule has 0 N–H and O–H groups in total. The van der Waals surface area contributed by atoms with Gasteiger partial charge < -0.3 is 4.74 Å². The van der Waals surface area contributed by atoms with E-state index < -0.39 is 0 Å². The maximum absolute atomic E-state index is 5.03. The SMILES string of the molecule is COc1cccc(Sc2ncn(C)n2)n1. The van der Waals surface area contributed by atoms with Crippen LogP contribution in [0.3, 0.4) is 0 Å². The summed E-state index contributed by atoms with van der Waals surface area (Å²) >= 11 is 1.40. The minimum Gasteiger partial charge on any atom is -0.481 e. The summed E-state index contributed by atoms with van der Waals surface area (Å²) in [5.74, 6) is 0.593. The van der Waals surface area contributed by atoms with Crippen LogP contribution in [0.2, 0.25) is 0 Å². The Morgan fingerprint density at radius 3 is 2.93 bits per heavy atom. The van der Waals surface area contributed by atoms with E-state index in [1.165, 1.54) is 11.8 Å². The van der Waals surface area contributed by atoms with Crippen LogP contribution in [-0.4, -0.2) is 26.9 Å². The molecule has 0 unspecified atom stereocenters. The number of ether oxygens (including phenoxy) is 1. The van der Waals surface area contributed by atoms with Gasteiger partial charge in [-0.3, -0.25) is 4.68 Å². The van der Waals surface area contributed by atoms with Crippen molar-refractivity contribution in [2.45, 2.75) is 10.2 Å². The molecule has 0 saturated heterocycles. The Hall–Kier alpha value is -1.56. The highest BCUT2D eigenvalue weighted by molar-refractivity contribution is 7.99. The number of methoxy groups -OCH3 is 1. The molecule has 0 atom stereocenters. The molecule has 2 rings (SSSR count). The predicted molar refractivity (Wildman–Crippen MR) is 55.9 cm³/mol. The number of rotatable bonds is 3. The molecule has 0 aliphatic carbocycles. The zero-order chi connectivity index (χ0) is 10.7. The van der Waals surface area contributed by atoms with Crippen LogP contribution in [0.25, 0.3) is 0 Å². The Bertz CT molecular complexity index is 457. The number of aromatic nitrogens is 4. The van der Waals surface area contributed by atoms with E-state index in [1.807, 2.05) is 19.2 Å². The molecular formula is C9H10N4OS. The van der Waals surface area contributed by atoms with Crippen LogP contribution in [0.4, 0.5) is 0 Å². The molecule has 2 aromatic rings. The molecule has 2 heterocycles. The Kier molecular flexibility index (Phi) is 2.86. The molecule has 0 bridgehead atoms. The summed E-state index contributed by atoms with van der Waals surface area (Å²) in [5.41, 5.74) is 0. The molecule has 0 aliphatic rings. The van der Waals surface area contributed by atoms with Crippen LogP contribution in [0.1, 0.15) is 0 Å². The largest absolute Gasteiger partial charge is 0.481 e. The standard InChI is InChI=1S/C9H10N4OS/c1-13-6-10-9(12-13)15-8-5-3-4-7(11-8)14-2/h3-6H,1-2H3. The number of pyridine rings is 1. The summed E-state index contributed by atoms with van der Waals surface area (Å²) in [7, 11) is 3.42. The van der Waals surface area contributed by atoms with Crippen molar-refractivity contribution in [3.63, 3.8) is 0 Å². The molecule has 2 aromatic heterocycles. The molecular weight excluding hydrogens is 212 g/mol.